The number of hydrogen-bond donors (Lipinski definition) is 0. The molecule has 11 rings (SSSR count). The fourth-order valence-corrected chi connectivity index (χ4v) is 9.05. The van der Waals surface area contributed by atoms with E-state index in [2.05, 4.69) is 24.3 Å². The van der Waals surface area contributed by atoms with E-state index in [4.69, 9.17) is 27.3 Å². The third-order valence-corrected chi connectivity index (χ3v) is 11.4. The zero-order valence-corrected chi connectivity index (χ0v) is 28.0. The van der Waals surface area contributed by atoms with E-state index in [-0.39, 0.29) is 68.0 Å². The molecule has 4 nitrogen and oxygen atoms in total. The Kier molecular flexibility index (Phi) is 4.47. The highest BCUT2D eigenvalue weighted by molar-refractivity contribution is 7.26. The lowest BCUT2D eigenvalue weighted by Crippen LogP contribution is -2.00. The van der Waals surface area contributed by atoms with Crippen molar-refractivity contribution in [3.63, 3.8) is 0 Å². The molecule has 0 atom stereocenters. The number of nitrogens with zero attached hydrogens (tertiary/aromatic N) is 4. The SMILES string of the molecule is [2H]c1c([2H])c([2H])c2c(sc3c2c([2H])c([2H])c2c4c([2H])c([2H])c([2H])c([2H])c4n(-c4ccc(-c5nc(-c6ccccc6)nc(-c6ccc7c(c6)sc6ccccc67)n5)cc4)c32)c1[2H]. The third-order valence-electron chi connectivity index (χ3n) is 9.15. The minimum Gasteiger partial charge on any atom is -0.308 e. The second-order valence-corrected chi connectivity index (χ2v) is 14.2. The molecule has 0 saturated heterocycles. The van der Waals surface area contributed by atoms with Gasteiger partial charge in [-0.2, -0.15) is 0 Å². The predicted molar refractivity (Wildman–Crippen MR) is 216 cm³/mol. The van der Waals surface area contributed by atoms with Gasteiger partial charge in [-0.1, -0.05) is 109 Å². The molecule has 0 bridgehead atoms. The lowest BCUT2D eigenvalue weighted by atomic mass is 10.1. The highest BCUT2D eigenvalue weighted by atomic mass is 32.1. The van der Waals surface area contributed by atoms with Gasteiger partial charge in [0.25, 0.3) is 0 Å². The predicted octanol–water partition coefficient (Wildman–Crippen LogP) is 12.7. The van der Waals surface area contributed by atoms with Crippen LogP contribution < -0.4 is 0 Å². The lowest BCUT2D eigenvalue weighted by Gasteiger charge is -2.11. The summed E-state index contributed by atoms with van der Waals surface area (Å²) in [5.74, 6) is 1.37. The van der Waals surface area contributed by atoms with Crippen LogP contribution in [0.2, 0.25) is 0 Å². The molecule has 11 aromatic rings. The molecule has 6 heteroatoms. The number of benzene rings is 7. The van der Waals surface area contributed by atoms with Gasteiger partial charge in [0.15, 0.2) is 17.5 Å². The Labute approximate surface area is 314 Å². The van der Waals surface area contributed by atoms with E-state index in [0.29, 0.717) is 38.9 Å². The molecule has 0 saturated carbocycles. The monoisotopic (exact) mass is 696 g/mol. The van der Waals surface area contributed by atoms with Crippen LogP contribution in [0.4, 0.5) is 0 Å². The van der Waals surface area contributed by atoms with Crippen LogP contribution in [0.1, 0.15) is 13.7 Å². The highest BCUT2D eigenvalue weighted by Crippen LogP contribution is 2.43. The molecule has 0 unspecified atom stereocenters. The molecule has 51 heavy (non-hydrogen) atoms. The highest BCUT2D eigenvalue weighted by Gasteiger charge is 2.19. The standard InChI is InChI=1S/C45H26N4S2/c1-2-10-27(11-3-1)43-46-44(48-45(47-43)29-20-23-34-32-13-5-8-16-38(32)50-40(34)26-29)28-18-21-30(22-19-28)49-37-15-7-4-12-31(37)35-24-25-36-33-14-6-9-17-39(33)51-42(36)41(35)49/h1-26H/i4D,6D,7D,9D,12D,14D,15D,17D,24D,25D. The summed E-state index contributed by atoms with van der Waals surface area (Å²) >= 11 is 2.75. The van der Waals surface area contributed by atoms with Crippen LogP contribution in [0.3, 0.4) is 0 Å². The molecule has 4 aromatic heterocycles. The summed E-state index contributed by atoms with van der Waals surface area (Å²) in [4.78, 5) is 14.8. The van der Waals surface area contributed by atoms with Crippen molar-refractivity contribution in [3.8, 4) is 39.9 Å². The van der Waals surface area contributed by atoms with Crippen molar-refractivity contribution < 1.29 is 13.7 Å². The van der Waals surface area contributed by atoms with Crippen molar-refractivity contribution in [1.82, 2.24) is 19.5 Å². The molecule has 4 heterocycles. The Hall–Kier alpha value is -6.21. The maximum absolute atomic E-state index is 9.29. The lowest BCUT2D eigenvalue weighted by molar-refractivity contribution is 1.07. The van der Waals surface area contributed by atoms with E-state index in [0.717, 1.165) is 32.5 Å². The summed E-state index contributed by atoms with van der Waals surface area (Å²) in [7, 11) is 0. The van der Waals surface area contributed by atoms with Gasteiger partial charge in [0.05, 0.1) is 29.4 Å². The van der Waals surface area contributed by atoms with Gasteiger partial charge in [0, 0.05) is 68.8 Å². The minimum atomic E-state index is -0.486. The molecule has 0 aliphatic heterocycles. The van der Waals surface area contributed by atoms with Crippen molar-refractivity contribution in [1.29, 1.82) is 0 Å². The van der Waals surface area contributed by atoms with Gasteiger partial charge in [0.1, 0.15) is 0 Å². The fourth-order valence-electron chi connectivity index (χ4n) is 6.80. The molecular formula is C45H26N4S2. The van der Waals surface area contributed by atoms with Crippen LogP contribution in [0.25, 0.3) is 102 Å². The Bertz CT molecular complexity index is 3710. The van der Waals surface area contributed by atoms with E-state index in [1.165, 1.54) is 10.1 Å². The summed E-state index contributed by atoms with van der Waals surface area (Å²) in [6, 6.07) is 27.5. The van der Waals surface area contributed by atoms with Gasteiger partial charge in [-0.15, -0.1) is 22.7 Å². The maximum Gasteiger partial charge on any atom is 0.164 e. The first-order valence-corrected chi connectivity index (χ1v) is 17.8. The third kappa shape index (κ3) is 4.47. The average Bonchev–Trinajstić information content (AvgIpc) is 3.99. The zero-order chi connectivity index (χ0) is 42.2. The number of thiophene rings is 2. The van der Waals surface area contributed by atoms with E-state index >= 15 is 0 Å². The van der Waals surface area contributed by atoms with Crippen LogP contribution in [-0.4, -0.2) is 19.5 Å². The Morgan fingerprint density at radius 2 is 1.10 bits per heavy atom. The van der Waals surface area contributed by atoms with E-state index in [1.807, 2.05) is 60.7 Å². The van der Waals surface area contributed by atoms with Crippen LogP contribution in [0, 0.1) is 0 Å². The molecular weight excluding hydrogens is 661 g/mol. The van der Waals surface area contributed by atoms with Crippen LogP contribution in [-0.2, 0) is 0 Å². The number of para-hydroxylation sites is 1. The summed E-state index contributed by atoms with van der Waals surface area (Å²) in [5.41, 5.74) is 3.13. The van der Waals surface area contributed by atoms with Crippen molar-refractivity contribution in [2.75, 3.05) is 0 Å². The Balaban J connectivity index is 1.16. The van der Waals surface area contributed by atoms with Crippen molar-refractivity contribution in [3.05, 3.63) is 157 Å². The number of rotatable bonds is 4. The largest absolute Gasteiger partial charge is 0.308 e. The van der Waals surface area contributed by atoms with E-state index in [9.17, 15) is 1.37 Å². The quantitative estimate of drug-likeness (QED) is 0.184. The van der Waals surface area contributed by atoms with Gasteiger partial charge < -0.3 is 4.57 Å². The maximum atomic E-state index is 9.29. The van der Waals surface area contributed by atoms with Gasteiger partial charge in [0.2, 0.25) is 0 Å². The van der Waals surface area contributed by atoms with Gasteiger partial charge >= 0.3 is 0 Å². The second-order valence-electron chi connectivity index (χ2n) is 12.1. The topological polar surface area (TPSA) is 43.6 Å². The van der Waals surface area contributed by atoms with E-state index < -0.39 is 24.2 Å². The minimum absolute atomic E-state index is 0.0627. The molecule has 0 amide bonds. The fraction of sp³-hybridized carbons (Fsp3) is 0. The van der Waals surface area contributed by atoms with Gasteiger partial charge in [-0.25, -0.2) is 15.0 Å². The number of fused-ring (bicyclic) bond motifs is 10. The molecule has 0 aliphatic carbocycles. The molecule has 0 fully saturated rings. The summed E-state index contributed by atoms with van der Waals surface area (Å²) in [6.45, 7) is 0. The number of aromatic nitrogens is 4. The van der Waals surface area contributed by atoms with Crippen molar-refractivity contribution in [2.24, 2.45) is 0 Å². The average molecular weight is 697 g/mol. The van der Waals surface area contributed by atoms with Crippen LogP contribution in [0.5, 0.6) is 0 Å². The first-order chi connectivity index (χ1) is 29.4. The van der Waals surface area contributed by atoms with E-state index in [1.54, 1.807) is 28.0 Å². The van der Waals surface area contributed by atoms with Gasteiger partial charge in [-0.05, 0) is 48.5 Å². The molecule has 0 radical (unpaired) electrons. The normalized spacial score (nSPS) is 14.7. The Morgan fingerprint density at radius 1 is 0.451 bits per heavy atom. The summed E-state index contributed by atoms with van der Waals surface area (Å²) in [5, 5.41) is 2.79. The van der Waals surface area contributed by atoms with Crippen LogP contribution in [0.15, 0.2) is 157 Å². The molecule has 7 aromatic carbocycles. The van der Waals surface area contributed by atoms with Crippen molar-refractivity contribution >= 4 is 84.8 Å². The first-order valence-electron chi connectivity index (χ1n) is 21.1. The van der Waals surface area contributed by atoms with Gasteiger partial charge in [-0.3, -0.25) is 0 Å². The molecule has 0 spiro atoms. The summed E-state index contributed by atoms with van der Waals surface area (Å²) < 4.78 is 92.6. The summed E-state index contributed by atoms with van der Waals surface area (Å²) in [6.07, 6.45) is 0. The van der Waals surface area contributed by atoms with Crippen molar-refractivity contribution in [2.45, 2.75) is 0 Å². The first kappa shape index (κ1) is 20.5. The molecule has 0 aliphatic rings. The molecule has 0 N–H and O–H groups in total. The smallest absolute Gasteiger partial charge is 0.164 e. The second kappa shape index (κ2) is 11.2. The zero-order valence-electron chi connectivity index (χ0n) is 36.3. The molecule has 238 valence electrons. The number of hydrogen-bond acceptors (Lipinski definition) is 5. The Morgan fingerprint density at radius 3 is 1.94 bits per heavy atom. The van der Waals surface area contributed by atoms with Crippen LogP contribution >= 0.6 is 22.7 Å².